The zero-order valence-corrected chi connectivity index (χ0v) is 16.5. The molecule has 146 valence electrons. The van der Waals surface area contributed by atoms with Gasteiger partial charge in [-0.2, -0.15) is 5.26 Å². The van der Waals surface area contributed by atoms with E-state index in [1.165, 1.54) is 12.0 Å². The number of hydrogen-bond donors (Lipinski definition) is 1. The minimum absolute atomic E-state index is 0.0808. The maximum atomic E-state index is 12.1. The fourth-order valence-corrected chi connectivity index (χ4v) is 3.91. The molecule has 0 aliphatic carbocycles. The number of quaternary nitrogens is 1. The van der Waals surface area contributed by atoms with Crippen LogP contribution in [0.3, 0.4) is 0 Å². The summed E-state index contributed by atoms with van der Waals surface area (Å²) in [5, 5.41) is 9.42. The van der Waals surface area contributed by atoms with Crippen molar-refractivity contribution in [1.29, 1.82) is 5.26 Å². The fraction of sp³-hybridized carbons (Fsp3) is 0.364. The Balaban J connectivity index is 2.00. The van der Waals surface area contributed by atoms with Crippen LogP contribution in [0.15, 0.2) is 36.4 Å². The van der Waals surface area contributed by atoms with Crippen molar-refractivity contribution >= 4 is 5.97 Å². The smallest absolute Gasteiger partial charge is 0.311 e. The van der Waals surface area contributed by atoms with Crippen molar-refractivity contribution in [3.05, 3.63) is 58.7 Å². The highest BCUT2D eigenvalue weighted by Gasteiger charge is 2.34. The van der Waals surface area contributed by atoms with Crippen LogP contribution in [-0.4, -0.2) is 33.8 Å². The highest BCUT2D eigenvalue weighted by Crippen LogP contribution is 2.35. The van der Waals surface area contributed by atoms with Crippen molar-refractivity contribution in [3.8, 4) is 17.6 Å². The third-order valence-electron chi connectivity index (χ3n) is 5.38. The van der Waals surface area contributed by atoms with Crippen LogP contribution in [0.5, 0.6) is 11.5 Å². The Labute approximate surface area is 165 Å². The van der Waals surface area contributed by atoms with Gasteiger partial charge < -0.3 is 19.1 Å². The summed E-state index contributed by atoms with van der Waals surface area (Å²) in [5.74, 6) is 1.09. The molecule has 1 aliphatic heterocycles. The highest BCUT2D eigenvalue weighted by atomic mass is 16.5. The van der Waals surface area contributed by atoms with Crippen molar-refractivity contribution in [2.75, 3.05) is 27.9 Å². The molecule has 0 spiro atoms. The number of nitrogens with one attached hydrogen (secondary N) is 1. The number of fused-ring (bicyclic) bond motifs is 1. The average Bonchev–Trinajstić information content (AvgIpc) is 2.74. The Morgan fingerprint density at radius 1 is 1.18 bits per heavy atom. The molecule has 2 aromatic carbocycles. The van der Waals surface area contributed by atoms with Gasteiger partial charge in [0, 0.05) is 17.5 Å². The molecule has 3 rings (SSSR count). The Morgan fingerprint density at radius 2 is 1.89 bits per heavy atom. The summed E-state index contributed by atoms with van der Waals surface area (Å²) >= 11 is 0. The number of benzene rings is 2. The first-order valence-electron chi connectivity index (χ1n) is 9.25. The molecule has 0 amide bonds. The molecule has 28 heavy (non-hydrogen) atoms. The Bertz CT molecular complexity index is 904. The minimum atomic E-state index is -0.251. The molecule has 0 aromatic heterocycles. The first-order valence-corrected chi connectivity index (χ1v) is 9.25. The van der Waals surface area contributed by atoms with E-state index in [4.69, 9.17) is 14.2 Å². The second-order valence-electron chi connectivity index (χ2n) is 6.84. The van der Waals surface area contributed by atoms with Crippen molar-refractivity contribution in [2.24, 2.45) is 0 Å². The molecule has 0 bridgehead atoms. The predicted molar refractivity (Wildman–Crippen MR) is 103 cm³/mol. The van der Waals surface area contributed by atoms with Gasteiger partial charge in [-0.25, -0.2) is 0 Å². The van der Waals surface area contributed by atoms with Gasteiger partial charge in [0.25, 0.3) is 0 Å². The minimum Gasteiger partial charge on any atom is -0.493 e. The molecule has 1 N–H and O–H groups in total. The third kappa shape index (κ3) is 3.95. The van der Waals surface area contributed by atoms with E-state index in [1.54, 1.807) is 14.2 Å². The van der Waals surface area contributed by atoms with Crippen LogP contribution in [-0.2, 0) is 22.5 Å². The molecule has 0 saturated carbocycles. The number of methoxy groups -OCH3 is 3. The third-order valence-corrected chi connectivity index (χ3v) is 5.38. The molecular formula is C22H25N2O4+. The van der Waals surface area contributed by atoms with E-state index < -0.39 is 0 Å². The van der Waals surface area contributed by atoms with E-state index in [2.05, 4.69) is 6.07 Å². The number of esters is 1. The lowest BCUT2D eigenvalue weighted by molar-refractivity contribution is -0.946. The molecule has 6 nitrogen and oxygen atoms in total. The standard InChI is InChI=1S/C22H24N2O4/c1-26-20-10-15-8-9-24(14-17-7-5-4-6-16(17)13-23)19(12-22(25)28-3)18(15)11-21(20)27-2/h4-7,10-11,19H,8-9,12,14H2,1-3H3/p+1/t19-/m0/s1. The lowest BCUT2D eigenvalue weighted by Gasteiger charge is -2.34. The maximum absolute atomic E-state index is 12.1. The van der Waals surface area contributed by atoms with Crippen LogP contribution in [0.1, 0.15) is 34.7 Å². The first-order chi connectivity index (χ1) is 13.6. The topological polar surface area (TPSA) is 73.0 Å². The number of rotatable bonds is 6. The summed E-state index contributed by atoms with van der Waals surface area (Å²) in [6.45, 7) is 1.52. The predicted octanol–water partition coefficient (Wildman–Crippen LogP) is 1.82. The fourth-order valence-electron chi connectivity index (χ4n) is 3.91. The second kappa shape index (κ2) is 8.77. The van der Waals surface area contributed by atoms with Gasteiger partial charge in [-0.3, -0.25) is 4.79 Å². The van der Waals surface area contributed by atoms with E-state index in [9.17, 15) is 10.1 Å². The summed E-state index contributed by atoms with van der Waals surface area (Å²) < 4.78 is 15.9. The molecular weight excluding hydrogens is 356 g/mol. The molecule has 0 fully saturated rings. The number of carbonyl (C=O) groups excluding carboxylic acids is 1. The van der Waals surface area contributed by atoms with Gasteiger partial charge in [0.15, 0.2) is 11.5 Å². The van der Waals surface area contributed by atoms with Crippen molar-refractivity contribution in [1.82, 2.24) is 0 Å². The van der Waals surface area contributed by atoms with Crippen molar-refractivity contribution < 1.29 is 23.9 Å². The van der Waals surface area contributed by atoms with E-state index in [-0.39, 0.29) is 18.4 Å². The lowest BCUT2D eigenvalue weighted by atomic mass is 9.89. The van der Waals surface area contributed by atoms with Crippen molar-refractivity contribution in [3.63, 3.8) is 0 Å². The van der Waals surface area contributed by atoms with Gasteiger partial charge in [-0.15, -0.1) is 0 Å². The molecule has 2 atom stereocenters. The SMILES string of the molecule is COC(=O)C[C@H]1c2cc(OC)c(OC)cc2CC[NH+]1Cc1ccccc1C#N. The van der Waals surface area contributed by atoms with E-state index in [0.29, 0.717) is 23.6 Å². The van der Waals surface area contributed by atoms with Gasteiger partial charge in [0.05, 0.1) is 39.5 Å². The summed E-state index contributed by atoms with van der Waals surface area (Å²) in [7, 11) is 4.64. The van der Waals surface area contributed by atoms with Gasteiger partial charge >= 0.3 is 5.97 Å². The summed E-state index contributed by atoms with van der Waals surface area (Å²) in [4.78, 5) is 13.4. The van der Waals surface area contributed by atoms with E-state index in [0.717, 1.165) is 29.7 Å². The number of carbonyl (C=O) groups is 1. The van der Waals surface area contributed by atoms with Crippen LogP contribution in [0.2, 0.25) is 0 Å². The Kier molecular flexibility index (Phi) is 6.17. The molecule has 0 saturated heterocycles. The van der Waals surface area contributed by atoms with Gasteiger partial charge in [0.1, 0.15) is 19.0 Å². The Hall–Kier alpha value is -3.04. The van der Waals surface area contributed by atoms with Gasteiger partial charge in [0.2, 0.25) is 0 Å². The zero-order valence-electron chi connectivity index (χ0n) is 16.5. The number of nitrogens with zero attached hydrogens (tertiary/aromatic N) is 1. The number of nitriles is 1. The number of ether oxygens (including phenoxy) is 3. The average molecular weight is 381 g/mol. The van der Waals surface area contributed by atoms with Gasteiger partial charge in [-0.05, 0) is 23.8 Å². The number of hydrogen-bond acceptors (Lipinski definition) is 5. The zero-order chi connectivity index (χ0) is 20.1. The molecule has 2 aromatic rings. The van der Waals surface area contributed by atoms with Crippen molar-refractivity contribution in [2.45, 2.75) is 25.4 Å². The van der Waals surface area contributed by atoms with Gasteiger partial charge in [-0.1, -0.05) is 18.2 Å². The van der Waals surface area contributed by atoms with E-state index in [1.807, 2.05) is 36.4 Å². The molecule has 1 heterocycles. The highest BCUT2D eigenvalue weighted by molar-refractivity contribution is 5.70. The molecule has 6 heteroatoms. The normalized spacial score (nSPS) is 17.9. The molecule has 1 unspecified atom stereocenters. The lowest BCUT2D eigenvalue weighted by Crippen LogP contribution is -3.12. The summed E-state index contributed by atoms with van der Waals surface area (Å²) in [6.07, 6.45) is 1.13. The maximum Gasteiger partial charge on any atom is 0.311 e. The van der Waals surface area contributed by atoms with E-state index >= 15 is 0 Å². The van der Waals surface area contributed by atoms with Crippen LogP contribution in [0, 0.1) is 11.3 Å². The van der Waals surface area contributed by atoms with Crippen LogP contribution in [0.4, 0.5) is 0 Å². The first kappa shape index (κ1) is 19.7. The van der Waals surface area contributed by atoms with Crippen LogP contribution in [0.25, 0.3) is 0 Å². The monoisotopic (exact) mass is 381 g/mol. The molecule has 0 radical (unpaired) electrons. The quantitative estimate of drug-likeness (QED) is 0.773. The van der Waals surface area contributed by atoms with Crippen LogP contribution < -0.4 is 14.4 Å². The summed E-state index contributed by atoms with van der Waals surface area (Å²) in [5.41, 5.74) is 3.88. The second-order valence-corrected chi connectivity index (χ2v) is 6.84. The summed E-state index contributed by atoms with van der Waals surface area (Å²) in [6, 6.07) is 13.8. The van der Waals surface area contributed by atoms with Crippen LogP contribution >= 0.6 is 0 Å². The molecule has 1 aliphatic rings. The largest absolute Gasteiger partial charge is 0.493 e. The Morgan fingerprint density at radius 3 is 2.57 bits per heavy atom.